The largest absolute Gasteiger partial charge is 0.478 e. The zero-order chi connectivity index (χ0) is 20.3. The van der Waals surface area contributed by atoms with Crippen LogP contribution >= 0.6 is 11.6 Å². The zero-order valence-corrected chi connectivity index (χ0v) is 15.6. The summed E-state index contributed by atoms with van der Waals surface area (Å²) in [6, 6.07) is 7.05. The molecule has 1 aromatic carbocycles. The number of carboxylic acids is 1. The number of aromatic carboxylic acids is 1. The number of hydrogen-bond donors (Lipinski definition) is 1. The molecule has 0 atom stereocenters. The SMILES string of the molecule is O=C(O)c1ccn2c(Cl)c(-c3c(F)cccc3-c3ncn(C4CC4)c3F)nc2c1. The Hall–Kier alpha value is -3.26. The Bertz CT molecular complexity index is 1290. The van der Waals surface area contributed by atoms with Crippen LogP contribution in [0.3, 0.4) is 0 Å². The van der Waals surface area contributed by atoms with E-state index in [9.17, 15) is 18.7 Å². The predicted octanol–water partition coefficient (Wildman–Crippen LogP) is 4.83. The van der Waals surface area contributed by atoms with Gasteiger partial charge >= 0.3 is 5.97 Å². The molecule has 29 heavy (non-hydrogen) atoms. The van der Waals surface area contributed by atoms with Crippen molar-refractivity contribution in [1.29, 1.82) is 0 Å². The molecule has 0 amide bonds. The monoisotopic (exact) mass is 414 g/mol. The molecular weight excluding hydrogens is 402 g/mol. The molecule has 0 spiro atoms. The van der Waals surface area contributed by atoms with Crippen LogP contribution in [-0.2, 0) is 0 Å². The van der Waals surface area contributed by atoms with Gasteiger partial charge in [0.25, 0.3) is 0 Å². The van der Waals surface area contributed by atoms with Gasteiger partial charge in [-0.3, -0.25) is 4.40 Å². The molecule has 146 valence electrons. The third kappa shape index (κ3) is 2.79. The van der Waals surface area contributed by atoms with Gasteiger partial charge in [0.2, 0.25) is 5.95 Å². The first-order valence-corrected chi connectivity index (χ1v) is 9.26. The molecule has 5 rings (SSSR count). The second kappa shape index (κ2) is 6.38. The van der Waals surface area contributed by atoms with Gasteiger partial charge in [-0.05, 0) is 31.0 Å². The van der Waals surface area contributed by atoms with Gasteiger partial charge in [0, 0.05) is 23.4 Å². The van der Waals surface area contributed by atoms with Gasteiger partial charge in [0.05, 0.1) is 11.9 Å². The minimum Gasteiger partial charge on any atom is -0.478 e. The molecule has 0 radical (unpaired) electrons. The van der Waals surface area contributed by atoms with E-state index >= 15 is 0 Å². The van der Waals surface area contributed by atoms with Gasteiger partial charge < -0.3 is 9.67 Å². The fraction of sp³-hybridized carbons (Fsp3) is 0.150. The number of imidazole rings is 2. The summed E-state index contributed by atoms with van der Waals surface area (Å²) < 4.78 is 32.7. The first-order valence-electron chi connectivity index (χ1n) is 8.88. The Morgan fingerprint density at radius 1 is 1.21 bits per heavy atom. The molecule has 3 aromatic heterocycles. The highest BCUT2D eigenvalue weighted by molar-refractivity contribution is 6.32. The average Bonchev–Trinajstić information content (AvgIpc) is 3.40. The van der Waals surface area contributed by atoms with E-state index in [-0.39, 0.29) is 44.9 Å². The summed E-state index contributed by atoms with van der Waals surface area (Å²) in [5.74, 6) is -2.29. The highest BCUT2D eigenvalue weighted by atomic mass is 35.5. The van der Waals surface area contributed by atoms with E-state index in [2.05, 4.69) is 9.97 Å². The molecule has 1 N–H and O–H groups in total. The second-order valence-corrected chi connectivity index (χ2v) is 7.24. The molecule has 0 saturated heterocycles. The van der Waals surface area contributed by atoms with Crippen molar-refractivity contribution >= 4 is 23.2 Å². The molecule has 0 bridgehead atoms. The fourth-order valence-corrected chi connectivity index (χ4v) is 3.68. The van der Waals surface area contributed by atoms with Gasteiger partial charge in [0.1, 0.15) is 28.0 Å². The van der Waals surface area contributed by atoms with Crippen LogP contribution in [0.2, 0.25) is 5.15 Å². The number of carbonyl (C=O) groups is 1. The van der Waals surface area contributed by atoms with E-state index in [1.165, 1.54) is 45.8 Å². The lowest BCUT2D eigenvalue weighted by Gasteiger charge is -2.08. The number of benzene rings is 1. The lowest BCUT2D eigenvalue weighted by molar-refractivity contribution is 0.0697. The van der Waals surface area contributed by atoms with Crippen LogP contribution < -0.4 is 0 Å². The van der Waals surface area contributed by atoms with Crippen molar-refractivity contribution in [2.45, 2.75) is 18.9 Å². The Kier molecular flexibility index (Phi) is 3.92. The van der Waals surface area contributed by atoms with Gasteiger partial charge in [-0.15, -0.1) is 0 Å². The van der Waals surface area contributed by atoms with Crippen molar-refractivity contribution < 1.29 is 18.7 Å². The van der Waals surface area contributed by atoms with Crippen molar-refractivity contribution in [3.05, 3.63) is 65.3 Å². The average molecular weight is 415 g/mol. The Labute approximate surface area is 168 Å². The third-order valence-electron chi connectivity index (χ3n) is 4.99. The third-order valence-corrected chi connectivity index (χ3v) is 5.36. The van der Waals surface area contributed by atoms with E-state index in [0.717, 1.165) is 12.8 Å². The molecule has 4 aromatic rings. The predicted molar refractivity (Wildman–Crippen MR) is 102 cm³/mol. The molecule has 1 fully saturated rings. The number of carboxylic acid groups (broad SMARTS) is 1. The lowest BCUT2D eigenvalue weighted by atomic mass is 10.0. The molecule has 0 aliphatic heterocycles. The van der Waals surface area contributed by atoms with Crippen molar-refractivity contribution in [3.63, 3.8) is 0 Å². The van der Waals surface area contributed by atoms with Crippen LogP contribution in [0, 0.1) is 11.8 Å². The van der Waals surface area contributed by atoms with Crippen LogP contribution in [-0.4, -0.2) is 30.0 Å². The topological polar surface area (TPSA) is 72.4 Å². The minimum absolute atomic E-state index is 0.0121. The number of nitrogens with zero attached hydrogens (tertiary/aromatic N) is 4. The molecule has 1 saturated carbocycles. The number of fused-ring (bicyclic) bond motifs is 1. The summed E-state index contributed by atoms with van der Waals surface area (Å²) in [4.78, 5) is 19.7. The van der Waals surface area contributed by atoms with E-state index in [1.54, 1.807) is 6.07 Å². The van der Waals surface area contributed by atoms with Crippen molar-refractivity contribution in [1.82, 2.24) is 18.9 Å². The maximum absolute atomic E-state index is 14.9. The number of hydrogen-bond acceptors (Lipinski definition) is 3. The Morgan fingerprint density at radius 3 is 2.72 bits per heavy atom. The summed E-state index contributed by atoms with van der Waals surface area (Å²) >= 11 is 6.43. The Balaban J connectivity index is 1.73. The van der Waals surface area contributed by atoms with Crippen molar-refractivity contribution in [3.8, 4) is 22.5 Å². The van der Waals surface area contributed by atoms with Crippen LogP contribution in [0.1, 0.15) is 29.2 Å². The summed E-state index contributed by atoms with van der Waals surface area (Å²) in [5, 5.41) is 9.26. The zero-order valence-electron chi connectivity index (χ0n) is 14.8. The van der Waals surface area contributed by atoms with Crippen LogP contribution in [0.25, 0.3) is 28.2 Å². The maximum Gasteiger partial charge on any atom is 0.335 e. The van der Waals surface area contributed by atoms with Crippen molar-refractivity contribution in [2.75, 3.05) is 0 Å². The summed E-state index contributed by atoms with van der Waals surface area (Å²) in [6.45, 7) is 0. The molecule has 3 heterocycles. The maximum atomic E-state index is 14.9. The van der Waals surface area contributed by atoms with Gasteiger partial charge in [-0.1, -0.05) is 23.7 Å². The smallest absolute Gasteiger partial charge is 0.335 e. The number of pyridine rings is 1. The molecule has 0 unspecified atom stereocenters. The first kappa shape index (κ1) is 17.8. The van der Waals surface area contributed by atoms with Crippen LogP contribution in [0.5, 0.6) is 0 Å². The van der Waals surface area contributed by atoms with Crippen LogP contribution in [0.4, 0.5) is 8.78 Å². The molecule has 1 aliphatic carbocycles. The summed E-state index contributed by atoms with van der Waals surface area (Å²) in [7, 11) is 0. The fourth-order valence-electron chi connectivity index (χ4n) is 3.40. The molecule has 1 aliphatic rings. The second-order valence-electron chi connectivity index (χ2n) is 6.88. The lowest BCUT2D eigenvalue weighted by Crippen LogP contribution is -1.97. The van der Waals surface area contributed by atoms with E-state index in [0.29, 0.717) is 0 Å². The number of halogens is 3. The highest BCUT2D eigenvalue weighted by Crippen LogP contribution is 2.41. The quantitative estimate of drug-likeness (QED) is 0.519. The van der Waals surface area contributed by atoms with Crippen molar-refractivity contribution in [2.24, 2.45) is 0 Å². The van der Waals surface area contributed by atoms with E-state index < -0.39 is 17.7 Å². The minimum atomic E-state index is -1.12. The van der Waals surface area contributed by atoms with E-state index in [4.69, 9.17) is 11.6 Å². The first-order chi connectivity index (χ1) is 14.0. The molecule has 6 nitrogen and oxygen atoms in total. The number of aromatic nitrogens is 4. The summed E-state index contributed by atoms with van der Waals surface area (Å²) in [6.07, 6.45) is 4.63. The van der Waals surface area contributed by atoms with Gasteiger partial charge in [0.15, 0.2) is 0 Å². The van der Waals surface area contributed by atoms with Gasteiger partial charge in [-0.2, -0.15) is 4.39 Å². The normalized spacial score (nSPS) is 13.9. The molecular formula is C20H13ClF2N4O2. The highest BCUT2D eigenvalue weighted by Gasteiger charge is 2.29. The van der Waals surface area contributed by atoms with E-state index in [1.807, 2.05) is 0 Å². The summed E-state index contributed by atoms with van der Waals surface area (Å²) in [5.41, 5.74) is 0.605. The van der Waals surface area contributed by atoms with Crippen LogP contribution in [0.15, 0.2) is 42.9 Å². The Morgan fingerprint density at radius 2 is 2.00 bits per heavy atom. The number of rotatable bonds is 4. The standard InChI is InChI=1S/C20H13ClF2N4O2/c21-18-17(25-14-8-10(20(28)29)6-7-26(14)18)15-12(2-1-3-13(15)22)16-19(23)27(9-24-16)11-4-5-11/h1-3,6-9,11H,4-5H2,(H,28,29). The molecule has 9 heteroatoms. The van der Waals surface area contributed by atoms with Gasteiger partial charge in [-0.25, -0.2) is 19.2 Å².